The minimum atomic E-state index is -1.05. The van der Waals surface area contributed by atoms with Gasteiger partial charge in [0.1, 0.15) is 12.1 Å². The van der Waals surface area contributed by atoms with Gasteiger partial charge in [0.05, 0.1) is 17.1 Å². The minimum absolute atomic E-state index is 0.0155. The molecule has 2 N–H and O–H groups in total. The van der Waals surface area contributed by atoms with Crippen LogP contribution in [0.4, 0.5) is 4.79 Å². The van der Waals surface area contributed by atoms with Gasteiger partial charge in [0, 0.05) is 29.2 Å². The second-order valence-electron chi connectivity index (χ2n) is 8.84. The highest BCUT2D eigenvalue weighted by atomic mass is 35.5. The number of carboxylic acids is 1. The average Bonchev–Trinajstić information content (AvgIpc) is 2.89. The van der Waals surface area contributed by atoms with E-state index < -0.39 is 17.7 Å². The lowest BCUT2D eigenvalue weighted by Crippen LogP contribution is -2.61. The molecule has 2 heterocycles. The number of hydrogen-bond acceptors (Lipinski definition) is 4. The van der Waals surface area contributed by atoms with Gasteiger partial charge in [0.25, 0.3) is 0 Å². The van der Waals surface area contributed by atoms with E-state index in [1.807, 2.05) is 13.8 Å². The molecule has 9 heteroatoms. The average molecular weight is 450 g/mol. The Hall–Kier alpha value is -2.74. The van der Waals surface area contributed by atoms with Gasteiger partial charge >= 0.3 is 12.1 Å². The normalized spacial score (nSPS) is 14.5. The topological polar surface area (TPSA) is 101 Å². The monoisotopic (exact) mass is 449 g/mol. The molecule has 1 saturated heterocycles. The third-order valence-electron chi connectivity index (χ3n) is 5.17. The fourth-order valence-corrected chi connectivity index (χ4v) is 4.23. The maximum absolute atomic E-state index is 12.8. The van der Waals surface area contributed by atoms with E-state index in [2.05, 4.69) is 5.32 Å². The molecule has 3 rings (SSSR count). The summed E-state index contributed by atoms with van der Waals surface area (Å²) in [6.45, 7) is 9.85. The quantitative estimate of drug-likeness (QED) is 0.726. The standard InChI is InChI=1S/C22H28ClN3O5/c1-6-16-18(20(28)29)15-8-13(23)7-12(2)19(15)26(16)11-17(27)24-14-9-25(10-14)21(30)31-22(3,4)5/h7-8,14H,6,9-11H2,1-5H3,(H,24,27)(H,28,29). The number of benzene rings is 1. The molecule has 8 nitrogen and oxygen atoms in total. The smallest absolute Gasteiger partial charge is 0.410 e. The molecule has 0 bridgehead atoms. The second kappa shape index (κ2) is 8.42. The third kappa shape index (κ3) is 4.79. The molecule has 2 amide bonds. The van der Waals surface area contributed by atoms with E-state index in [-0.39, 0.29) is 24.1 Å². The fraction of sp³-hybridized carbons (Fsp3) is 0.500. The zero-order valence-electron chi connectivity index (χ0n) is 18.4. The van der Waals surface area contributed by atoms with Crippen LogP contribution < -0.4 is 5.32 Å². The van der Waals surface area contributed by atoms with Gasteiger partial charge in [0.15, 0.2) is 0 Å². The maximum atomic E-state index is 12.8. The van der Waals surface area contributed by atoms with Crippen LogP contribution in [-0.4, -0.2) is 57.3 Å². The molecule has 1 aliphatic heterocycles. The van der Waals surface area contributed by atoms with Crippen LogP contribution in [0.3, 0.4) is 0 Å². The Morgan fingerprint density at radius 3 is 2.45 bits per heavy atom. The van der Waals surface area contributed by atoms with Gasteiger partial charge in [-0.2, -0.15) is 0 Å². The predicted molar refractivity (Wildman–Crippen MR) is 118 cm³/mol. The number of aromatic carboxylic acids is 1. The van der Waals surface area contributed by atoms with E-state index in [0.29, 0.717) is 41.1 Å². The molecule has 1 aliphatic rings. The van der Waals surface area contributed by atoms with E-state index in [9.17, 15) is 19.5 Å². The molecular weight excluding hydrogens is 422 g/mol. The largest absolute Gasteiger partial charge is 0.478 e. The number of carbonyl (C=O) groups excluding carboxylic acids is 2. The first-order chi connectivity index (χ1) is 14.4. The number of carbonyl (C=O) groups is 3. The number of likely N-dealkylation sites (tertiary alicyclic amines) is 1. The summed E-state index contributed by atoms with van der Waals surface area (Å²) in [7, 11) is 0. The van der Waals surface area contributed by atoms with Crippen molar-refractivity contribution in [1.29, 1.82) is 0 Å². The fourth-order valence-electron chi connectivity index (χ4n) is 3.95. The van der Waals surface area contributed by atoms with E-state index in [1.165, 1.54) is 4.90 Å². The van der Waals surface area contributed by atoms with Crippen LogP contribution in [0.2, 0.25) is 5.02 Å². The van der Waals surface area contributed by atoms with E-state index in [0.717, 1.165) is 5.56 Å². The third-order valence-corrected chi connectivity index (χ3v) is 5.39. The van der Waals surface area contributed by atoms with Gasteiger partial charge in [-0.25, -0.2) is 9.59 Å². The van der Waals surface area contributed by atoms with Crippen molar-refractivity contribution in [3.8, 4) is 0 Å². The summed E-state index contributed by atoms with van der Waals surface area (Å²) in [5, 5.41) is 13.7. The highest BCUT2D eigenvalue weighted by Gasteiger charge is 2.34. The zero-order chi connectivity index (χ0) is 23.1. The van der Waals surface area contributed by atoms with Crippen LogP contribution in [0.1, 0.15) is 49.3 Å². The maximum Gasteiger partial charge on any atom is 0.410 e. The van der Waals surface area contributed by atoms with Crippen LogP contribution in [0.25, 0.3) is 10.9 Å². The molecule has 1 aromatic heterocycles. The van der Waals surface area contributed by atoms with Crippen molar-refractivity contribution in [1.82, 2.24) is 14.8 Å². The minimum Gasteiger partial charge on any atom is -0.478 e. The van der Waals surface area contributed by atoms with Crippen molar-refractivity contribution in [3.05, 3.63) is 34.0 Å². The Morgan fingerprint density at radius 2 is 1.90 bits per heavy atom. The number of ether oxygens (including phenoxy) is 1. The zero-order valence-corrected chi connectivity index (χ0v) is 19.2. The Kier molecular flexibility index (Phi) is 6.23. The van der Waals surface area contributed by atoms with E-state index in [4.69, 9.17) is 16.3 Å². The Morgan fingerprint density at radius 1 is 1.26 bits per heavy atom. The van der Waals surface area contributed by atoms with Gasteiger partial charge in [0.2, 0.25) is 5.91 Å². The van der Waals surface area contributed by atoms with Gasteiger partial charge in [-0.05, 0) is 51.8 Å². The first kappa shape index (κ1) is 22.9. The summed E-state index contributed by atoms with van der Waals surface area (Å²) >= 11 is 6.16. The van der Waals surface area contributed by atoms with Gasteiger partial charge in [-0.3, -0.25) is 4.79 Å². The number of amides is 2. The molecule has 0 unspecified atom stereocenters. The van der Waals surface area contributed by atoms with E-state index in [1.54, 1.807) is 37.5 Å². The Bertz CT molecular complexity index is 1050. The second-order valence-corrected chi connectivity index (χ2v) is 9.27. The first-order valence-corrected chi connectivity index (χ1v) is 10.6. The van der Waals surface area contributed by atoms with Crippen LogP contribution in [0.5, 0.6) is 0 Å². The summed E-state index contributed by atoms with van der Waals surface area (Å²) in [6, 6.07) is 3.22. The van der Waals surface area contributed by atoms with Crippen LogP contribution in [0.15, 0.2) is 12.1 Å². The molecule has 168 valence electrons. The summed E-state index contributed by atoms with van der Waals surface area (Å²) in [4.78, 5) is 38.3. The molecule has 1 aromatic carbocycles. The lowest BCUT2D eigenvalue weighted by molar-refractivity contribution is -0.123. The number of fused-ring (bicyclic) bond motifs is 1. The lowest BCUT2D eigenvalue weighted by Gasteiger charge is -2.40. The Balaban J connectivity index is 1.76. The van der Waals surface area contributed by atoms with Gasteiger partial charge in [-0.1, -0.05) is 18.5 Å². The highest BCUT2D eigenvalue weighted by Crippen LogP contribution is 2.32. The molecule has 31 heavy (non-hydrogen) atoms. The number of hydrogen-bond donors (Lipinski definition) is 2. The molecule has 2 aromatic rings. The summed E-state index contributed by atoms with van der Waals surface area (Å²) in [5.74, 6) is -1.29. The van der Waals surface area contributed by atoms with Crippen molar-refractivity contribution in [2.75, 3.05) is 13.1 Å². The number of nitrogens with one attached hydrogen (secondary N) is 1. The predicted octanol–water partition coefficient (Wildman–Crippen LogP) is 3.60. The number of aromatic nitrogens is 1. The number of carboxylic acid groups (broad SMARTS) is 1. The van der Waals surface area contributed by atoms with Crippen LogP contribution in [-0.2, 0) is 22.5 Å². The molecule has 0 spiro atoms. The van der Waals surface area contributed by atoms with Crippen LogP contribution in [0, 0.1) is 6.92 Å². The summed E-state index contributed by atoms with van der Waals surface area (Å²) < 4.78 is 7.07. The molecule has 0 atom stereocenters. The van der Waals surface area contributed by atoms with Crippen molar-refractivity contribution >= 4 is 40.5 Å². The first-order valence-electron chi connectivity index (χ1n) is 10.2. The number of aryl methyl sites for hydroxylation is 1. The van der Waals surface area contributed by atoms with Crippen molar-refractivity contribution in [2.45, 2.75) is 59.2 Å². The summed E-state index contributed by atoms with van der Waals surface area (Å²) in [6.07, 6.45) is 0.0533. The molecular formula is C22H28ClN3O5. The molecule has 0 saturated carbocycles. The van der Waals surface area contributed by atoms with Gasteiger partial charge < -0.3 is 24.6 Å². The van der Waals surface area contributed by atoms with Crippen molar-refractivity contribution in [2.24, 2.45) is 0 Å². The SMILES string of the molecule is CCc1c(C(=O)O)c2cc(Cl)cc(C)c2n1CC(=O)NC1CN(C(=O)OC(C)(C)C)C1. The summed E-state index contributed by atoms with van der Waals surface area (Å²) in [5.41, 5.74) is 1.68. The molecule has 0 radical (unpaired) electrons. The number of rotatable bonds is 5. The molecule has 1 fully saturated rings. The number of nitrogens with zero attached hydrogens (tertiary/aromatic N) is 2. The van der Waals surface area contributed by atoms with Crippen molar-refractivity contribution < 1.29 is 24.2 Å². The molecule has 0 aliphatic carbocycles. The highest BCUT2D eigenvalue weighted by molar-refractivity contribution is 6.31. The number of halogens is 1. The van der Waals surface area contributed by atoms with Crippen molar-refractivity contribution in [3.63, 3.8) is 0 Å². The van der Waals surface area contributed by atoms with E-state index >= 15 is 0 Å². The van der Waals surface area contributed by atoms with Gasteiger partial charge in [-0.15, -0.1) is 0 Å². The Labute approximate surface area is 186 Å². The lowest BCUT2D eigenvalue weighted by atomic mass is 10.1. The van der Waals surface area contributed by atoms with Crippen LogP contribution >= 0.6 is 11.6 Å².